The second-order valence-electron chi connectivity index (χ2n) is 11.4. The first-order chi connectivity index (χ1) is 17.6. The summed E-state index contributed by atoms with van der Waals surface area (Å²) >= 11 is 0. The van der Waals surface area contributed by atoms with Crippen LogP contribution in [0.4, 0.5) is 0 Å². The minimum atomic E-state index is -0.805. The van der Waals surface area contributed by atoms with Crippen LogP contribution in [-0.2, 0) is 35.4 Å². The molecule has 37 heavy (non-hydrogen) atoms. The highest BCUT2D eigenvalue weighted by Crippen LogP contribution is 2.37. The maximum atomic E-state index is 12.3. The number of benzene rings is 2. The van der Waals surface area contributed by atoms with E-state index in [1.54, 1.807) is 0 Å². The highest BCUT2D eigenvalue weighted by atomic mass is 16.5. The van der Waals surface area contributed by atoms with Crippen molar-refractivity contribution in [1.82, 2.24) is 4.90 Å². The van der Waals surface area contributed by atoms with Gasteiger partial charge >= 0.3 is 11.9 Å². The second kappa shape index (κ2) is 11.5. The SMILES string of the molecule is CCN(Cc1ccc(CC(=O)O)cc1)C1C=CC=CC1[C@@H]1CCc2cc(OC(=O)C(C)(C)C)ccc2C1. The number of rotatable bonds is 8. The number of nitrogens with zero attached hydrogens (tertiary/aromatic N) is 1. The monoisotopic (exact) mass is 501 g/mol. The molecule has 0 heterocycles. The van der Waals surface area contributed by atoms with E-state index in [4.69, 9.17) is 9.84 Å². The molecule has 0 aliphatic heterocycles. The Bertz CT molecular complexity index is 1170. The zero-order valence-electron chi connectivity index (χ0n) is 22.4. The summed E-state index contributed by atoms with van der Waals surface area (Å²) in [6.45, 7) is 9.58. The number of hydrogen-bond acceptors (Lipinski definition) is 4. The van der Waals surface area contributed by atoms with E-state index in [1.807, 2.05) is 39.0 Å². The van der Waals surface area contributed by atoms with Crippen LogP contribution < -0.4 is 4.74 Å². The molecule has 196 valence electrons. The fraction of sp³-hybridized carbons (Fsp3) is 0.438. The van der Waals surface area contributed by atoms with Crippen LogP contribution in [-0.4, -0.2) is 34.5 Å². The summed E-state index contributed by atoms with van der Waals surface area (Å²) in [4.78, 5) is 25.8. The summed E-state index contributed by atoms with van der Waals surface area (Å²) < 4.78 is 5.64. The Balaban J connectivity index is 1.45. The minimum absolute atomic E-state index is 0.0552. The Labute approximate surface area is 220 Å². The number of allylic oxidation sites excluding steroid dienone is 2. The first-order valence-corrected chi connectivity index (χ1v) is 13.4. The Morgan fingerprint density at radius 3 is 2.38 bits per heavy atom. The van der Waals surface area contributed by atoms with Gasteiger partial charge in [-0.3, -0.25) is 14.5 Å². The fourth-order valence-electron chi connectivity index (χ4n) is 5.43. The predicted octanol–water partition coefficient (Wildman–Crippen LogP) is 6.00. The zero-order valence-corrected chi connectivity index (χ0v) is 22.4. The third-order valence-corrected chi connectivity index (χ3v) is 7.55. The lowest BCUT2D eigenvalue weighted by Crippen LogP contribution is -2.43. The Kier molecular flexibility index (Phi) is 8.33. The van der Waals surface area contributed by atoms with Crippen LogP contribution in [0.25, 0.3) is 0 Å². The molecule has 3 atom stereocenters. The van der Waals surface area contributed by atoms with Gasteiger partial charge in [-0.15, -0.1) is 0 Å². The standard InChI is InChI=1S/C32H39NO4/c1-5-33(21-23-12-10-22(11-13-23)18-30(34)35)29-9-7-6-8-28(29)26-15-14-25-20-27(17-16-24(25)19-26)37-31(36)32(2,3)4/h6-13,16-17,20,26,28-29H,5,14-15,18-19,21H2,1-4H3,(H,34,35)/t26-,28?,29?/m1/s1. The Morgan fingerprint density at radius 2 is 1.70 bits per heavy atom. The molecule has 2 aromatic carbocycles. The van der Waals surface area contributed by atoms with Crippen LogP contribution in [0.5, 0.6) is 5.75 Å². The molecule has 0 radical (unpaired) electrons. The maximum absolute atomic E-state index is 12.3. The first-order valence-electron chi connectivity index (χ1n) is 13.4. The molecule has 2 aromatic rings. The number of fused-ring (bicyclic) bond motifs is 1. The van der Waals surface area contributed by atoms with Gasteiger partial charge in [-0.05, 0) is 92.8 Å². The molecule has 2 aliphatic rings. The van der Waals surface area contributed by atoms with Crippen molar-refractivity contribution < 1.29 is 19.4 Å². The summed E-state index contributed by atoms with van der Waals surface area (Å²) in [7, 11) is 0. The number of carboxylic acids is 1. The van der Waals surface area contributed by atoms with Crippen LogP contribution in [0, 0.1) is 17.3 Å². The van der Waals surface area contributed by atoms with Gasteiger partial charge in [-0.2, -0.15) is 0 Å². The molecule has 0 bridgehead atoms. The van der Waals surface area contributed by atoms with Gasteiger partial charge in [0, 0.05) is 12.6 Å². The molecule has 0 saturated heterocycles. The summed E-state index contributed by atoms with van der Waals surface area (Å²) in [5, 5.41) is 9.04. The quantitative estimate of drug-likeness (QED) is 0.355. The molecule has 0 aromatic heterocycles. The molecule has 0 amide bonds. The summed E-state index contributed by atoms with van der Waals surface area (Å²) in [5.74, 6) is 0.582. The molecule has 0 fully saturated rings. The highest BCUT2D eigenvalue weighted by molar-refractivity contribution is 5.77. The molecule has 1 N–H and O–H groups in total. The van der Waals surface area contributed by atoms with Crippen LogP contribution in [0.2, 0.25) is 0 Å². The lowest BCUT2D eigenvalue weighted by atomic mass is 9.73. The molecule has 4 rings (SSSR count). The van der Waals surface area contributed by atoms with Gasteiger partial charge in [0.15, 0.2) is 0 Å². The highest BCUT2D eigenvalue weighted by Gasteiger charge is 2.33. The van der Waals surface area contributed by atoms with Crippen LogP contribution in [0.3, 0.4) is 0 Å². The average Bonchev–Trinajstić information content (AvgIpc) is 2.87. The summed E-state index contributed by atoms with van der Waals surface area (Å²) in [6, 6.07) is 14.4. The lowest BCUT2D eigenvalue weighted by molar-refractivity contribution is -0.143. The van der Waals surface area contributed by atoms with E-state index in [0.717, 1.165) is 37.9 Å². The molecule has 2 aliphatic carbocycles. The third-order valence-electron chi connectivity index (χ3n) is 7.55. The number of aryl methyl sites for hydroxylation is 1. The number of carbonyl (C=O) groups excluding carboxylic acids is 1. The first kappa shape index (κ1) is 26.9. The van der Waals surface area contributed by atoms with Gasteiger partial charge in [0.1, 0.15) is 5.75 Å². The second-order valence-corrected chi connectivity index (χ2v) is 11.4. The average molecular weight is 502 g/mol. The van der Waals surface area contributed by atoms with Gasteiger partial charge in [0.25, 0.3) is 0 Å². The van der Waals surface area contributed by atoms with Crippen molar-refractivity contribution in [3.8, 4) is 5.75 Å². The van der Waals surface area contributed by atoms with E-state index in [9.17, 15) is 9.59 Å². The largest absolute Gasteiger partial charge is 0.481 e. The number of hydrogen-bond donors (Lipinski definition) is 1. The number of ether oxygens (including phenoxy) is 1. The Morgan fingerprint density at radius 1 is 1.00 bits per heavy atom. The molecule has 2 unspecified atom stereocenters. The van der Waals surface area contributed by atoms with Crippen LogP contribution in [0.1, 0.15) is 56.4 Å². The minimum Gasteiger partial charge on any atom is -0.481 e. The number of likely N-dealkylation sites (N-methyl/N-ethyl adjacent to an activating group) is 1. The molecule has 5 heteroatoms. The van der Waals surface area contributed by atoms with E-state index < -0.39 is 11.4 Å². The van der Waals surface area contributed by atoms with E-state index in [2.05, 4.69) is 60.4 Å². The van der Waals surface area contributed by atoms with Crippen molar-refractivity contribution in [2.45, 2.75) is 66.0 Å². The van der Waals surface area contributed by atoms with Crippen molar-refractivity contribution in [2.24, 2.45) is 17.3 Å². The van der Waals surface area contributed by atoms with Gasteiger partial charge in [0.2, 0.25) is 0 Å². The van der Waals surface area contributed by atoms with Crippen molar-refractivity contribution in [2.75, 3.05) is 6.54 Å². The van der Waals surface area contributed by atoms with E-state index >= 15 is 0 Å². The van der Waals surface area contributed by atoms with Gasteiger partial charge in [-0.25, -0.2) is 0 Å². The van der Waals surface area contributed by atoms with Gasteiger partial charge in [0.05, 0.1) is 11.8 Å². The number of esters is 1. The van der Waals surface area contributed by atoms with Gasteiger partial charge < -0.3 is 9.84 Å². The topological polar surface area (TPSA) is 66.8 Å². The van der Waals surface area contributed by atoms with E-state index in [1.165, 1.54) is 16.7 Å². The van der Waals surface area contributed by atoms with Crippen molar-refractivity contribution in [1.29, 1.82) is 0 Å². The van der Waals surface area contributed by atoms with Crippen molar-refractivity contribution in [3.05, 3.63) is 89.0 Å². The van der Waals surface area contributed by atoms with Crippen LogP contribution in [0.15, 0.2) is 66.8 Å². The molecular weight excluding hydrogens is 462 g/mol. The van der Waals surface area contributed by atoms with Crippen molar-refractivity contribution in [3.63, 3.8) is 0 Å². The summed E-state index contributed by atoms with van der Waals surface area (Å²) in [6.07, 6.45) is 12.2. The summed E-state index contributed by atoms with van der Waals surface area (Å²) in [5.41, 5.74) is 4.14. The normalized spacial score (nSPS) is 21.1. The molecular formula is C32H39NO4. The Hall–Kier alpha value is -3.18. The molecule has 0 spiro atoms. The van der Waals surface area contributed by atoms with E-state index in [0.29, 0.717) is 23.6 Å². The fourth-order valence-corrected chi connectivity index (χ4v) is 5.43. The van der Waals surface area contributed by atoms with Crippen molar-refractivity contribution >= 4 is 11.9 Å². The van der Waals surface area contributed by atoms with E-state index in [-0.39, 0.29) is 12.4 Å². The molecule has 0 saturated carbocycles. The zero-order chi connectivity index (χ0) is 26.6. The smallest absolute Gasteiger partial charge is 0.316 e. The molecule has 5 nitrogen and oxygen atoms in total. The number of aliphatic carboxylic acids is 1. The number of carbonyl (C=O) groups is 2. The third kappa shape index (κ3) is 6.78. The van der Waals surface area contributed by atoms with Gasteiger partial charge in [-0.1, -0.05) is 61.6 Å². The lowest BCUT2D eigenvalue weighted by Gasteiger charge is -2.40. The predicted molar refractivity (Wildman–Crippen MR) is 146 cm³/mol. The maximum Gasteiger partial charge on any atom is 0.316 e. The number of carboxylic acid groups (broad SMARTS) is 1. The van der Waals surface area contributed by atoms with Crippen LogP contribution >= 0.6 is 0 Å².